The Morgan fingerprint density at radius 2 is 2.11 bits per heavy atom. The number of hydrogen-bond donors (Lipinski definition) is 0. The van der Waals surface area contributed by atoms with Crippen LogP contribution in [-0.4, -0.2) is 52.0 Å². The molecule has 0 radical (unpaired) electrons. The van der Waals surface area contributed by atoms with E-state index in [0.29, 0.717) is 19.0 Å². The highest BCUT2D eigenvalue weighted by Crippen LogP contribution is 2.19. The van der Waals surface area contributed by atoms with E-state index in [2.05, 4.69) is 9.97 Å². The Morgan fingerprint density at radius 3 is 2.81 bits per heavy atom. The molecule has 1 saturated heterocycles. The highest BCUT2D eigenvalue weighted by Gasteiger charge is 2.25. The second-order valence-electron chi connectivity index (χ2n) is 6.20. The molecule has 9 heteroatoms. The molecule has 0 spiro atoms. The van der Waals surface area contributed by atoms with Gasteiger partial charge in [0.05, 0.1) is 25.0 Å². The summed E-state index contributed by atoms with van der Waals surface area (Å²) < 4.78 is 10.9. The normalized spacial score (nSPS) is 16.6. The number of nitro benzene ring substituents is 1. The number of nitrogens with zero attached hydrogens (tertiary/aromatic N) is 4. The maximum atomic E-state index is 12.6. The number of likely N-dealkylation sites (tertiary alicyclic amines) is 1. The van der Waals surface area contributed by atoms with Crippen molar-refractivity contribution in [1.82, 2.24) is 14.9 Å². The average molecular weight is 372 g/mol. The largest absolute Gasteiger partial charge is 0.472 e. The molecular weight excluding hydrogens is 352 g/mol. The van der Waals surface area contributed by atoms with Gasteiger partial charge in [0.1, 0.15) is 6.10 Å². The van der Waals surface area contributed by atoms with Gasteiger partial charge in [-0.3, -0.25) is 14.9 Å². The molecule has 1 aromatic carbocycles. The third-order valence-corrected chi connectivity index (χ3v) is 4.31. The van der Waals surface area contributed by atoms with Gasteiger partial charge in [-0.15, -0.1) is 0 Å². The number of non-ortho nitro benzene ring substituents is 1. The van der Waals surface area contributed by atoms with Gasteiger partial charge >= 0.3 is 6.01 Å². The molecule has 1 amide bonds. The number of rotatable bonds is 6. The lowest BCUT2D eigenvalue weighted by molar-refractivity contribution is -0.384. The molecule has 1 unspecified atom stereocenters. The number of benzene rings is 1. The standard InChI is InChI=1S/C18H20N4O5/c1-26-18-19-9-8-16(20-18)27-15-3-2-10-21(12-15)17(23)11-13-4-6-14(7-5-13)22(24)25/h4-9,15H,2-3,10-12H2,1H3. The molecule has 0 saturated carbocycles. The van der Waals surface area contributed by atoms with E-state index in [1.54, 1.807) is 29.3 Å². The third-order valence-electron chi connectivity index (χ3n) is 4.31. The summed E-state index contributed by atoms with van der Waals surface area (Å²) in [7, 11) is 1.48. The summed E-state index contributed by atoms with van der Waals surface area (Å²) in [5.74, 6) is 0.383. The smallest absolute Gasteiger partial charge is 0.319 e. The highest BCUT2D eigenvalue weighted by atomic mass is 16.6. The van der Waals surface area contributed by atoms with Gasteiger partial charge in [0.15, 0.2) is 0 Å². The van der Waals surface area contributed by atoms with E-state index in [-0.39, 0.29) is 30.1 Å². The Morgan fingerprint density at radius 1 is 1.33 bits per heavy atom. The summed E-state index contributed by atoms with van der Waals surface area (Å²) in [5, 5.41) is 10.7. The number of methoxy groups -OCH3 is 1. The number of aromatic nitrogens is 2. The van der Waals surface area contributed by atoms with Crippen LogP contribution >= 0.6 is 0 Å². The summed E-state index contributed by atoms with van der Waals surface area (Å²) in [5.41, 5.74) is 0.757. The molecule has 1 fully saturated rings. The van der Waals surface area contributed by atoms with Crippen LogP contribution in [0.3, 0.4) is 0 Å². The van der Waals surface area contributed by atoms with E-state index in [1.165, 1.54) is 19.2 Å². The Kier molecular flexibility index (Phi) is 5.80. The first-order valence-electron chi connectivity index (χ1n) is 8.60. The predicted molar refractivity (Wildman–Crippen MR) is 95.6 cm³/mol. The molecule has 0 bridgehead atoms. The van der Waals surface area contributed by atoms with E-state index < -0.39 is 4.92 Å². The van der Waals surface area contributed by atoms with Gasteiger partial charge in [0.25, 0.3) is 5.69 Å². The first-order valence-corrected chi connectivity index (χ1v) is 8.60. The van der Waals surface area contributed by atoms with Crippen molar-refractivity contribution in [3.63, 3.8) is 0 Å². The zero-order chi connectivity index (χ0) is 19.2. The van der Waals surface area contributed by atoms with Crippen LogP contribution < -0.4 is 9.47 Å². The number of ether oxygens (including phenoxy) is 2. The number of nitro groups is 1. The molecule has 142 valence electrons. The molecule has 27 heavy (non-hydrogen) atoms. The van der Waals surface area contributed by atoms with Gasteiger partial charge in [-0.25, -0.2) is 4.98 Å². The Balaban J connectivity index is 1.58. The second kappa shape index (κ2) is 8.43. The van der Waals surface area contributed by atoms with Crippen LogP contribution in [0.15, 0.2) is 36.5 Å². The Labute approximate surface area is 156 Å². The quantitative estimate of drug-likeness (QED) is 0.564. The van der Waals surface area contributed by atoms with Crippen molar-refractivity contribution in [2.75, 3.05) is 20.2 Å². The molecule has 1 aromatic heterocycles. The van der Waals surface area contributed by atoms with Crippen molar-refractivity contribution >= 4 is 11.6 Å². The van der Waals surface area contributed by atoms with Gasteiger partial charge in [-0.2, -0.15) is 4.98 Å². The van der Waals surface area contributed by atoms with Gasteiger partial charge in [0, 0.05) is 30.9 Å². The average Bonchev–Trinajstić information content (AvgIpc) is 2.68. The maximum absolute atomic E-state index is 12.6. The number of carbonyl (C=O) groups excluding carboxylic acids is 1. The molecule has 1 aliphatic rings. The van der Waals surface area contributed by atoms with E-state index in [0.717, 1.165) is 18.4 Å². The SMILES string of the molecule is COc1nccc(OC2CCCN(C(=O)Cc3ccc([N+](=O)[O-])cc3)C2)n1. The van der Waals surface area contributed by atoms with Crippen molar-refractivity contribution in [2.24, 2.45) is 0 Å². The first kappa shape index (κ1) is 18.6. The number of amides is 1. The predicted octanol–water partition coefficient (Wildman–Crippen LogP) is 2.01. The van der Waals surface area contributed by atoms with E-state index in [9.17, 15) is 14.9 Å². The fourth-order valence-electron chi connectivity index (χ4n) is 2.94. The molecule has 1 atom stereocenters. The van der Waals surface area contributed by atoms with Crippen LogP contribution in [0, 0.1) is 10.1 Å². The molecule has 0 aliphatic carbocycles. The lowest BCUT2D eigenvalue weighted by Crippen LogP contribution is -2.45. The summed E-state index contributed by atoms with van der Waals surface area (Å²) in [4.78, 5) is 32.7. The molecule has 2 aromatic rings. The molecule has 9 nitrogen and oxygen atoms in total. The second-order valence-corrected chi connectivity index (χ2v) is 6.20. The lowest BCUT2D eigenvalue weighted by atomic mass is 10.1. The van der Waals surface area contributed by atoms with Crippen LogP contribution in [0.5, 0.6) is 11.9 Å². The molecule has 3 rings (SSSR count). The van der Waals surface area contributed by atoms with Crippen LogP contribution in [-0.2, 0) is 11.2 Å². The van der Waals surface area contributed by atoms with Crippen LogP contribution in [0.25, 0.3) is 0 Å². The fourth-order valence-corrected chi connectivity index (χ4v) is 2.94. The van der Waals surface area contributed by atoms with E-state index >= 15 is 0 Å². The van der Waals surface area contributed by atoms with Gasteiger partial charge in [-0.1, -0.05) is 12.1 Å². The molecular formula is C18H20N4O5. The van der Waals surface area contributed by atoms with Gasteiger partial charge in [0.2, 0.25) is 11.8 Å². The third kappa shape index (κ3) is 4.90. The zero-order valence-electron chi connectivity index (χ0n) is 14.9. The zero-order valence-corrected chi connectivity index (χ0v) is 14.9. The minimum Gasteiger partial charge on any atom is -0.472 e. The minimum atomic E-state index is -0.458. The van der Waals surface area contributed by atoms with E-state index in [1.807, 2.05) is 0 Å². The fraction of sp³-hybridized carbons (Fsp3) is 0.389. The van der Waals surface area contributed by atoms with Crippen molar-refractivity contribution in [2.45, 2.75) is 25.4 Å². The van der Waals surface area contributed by atoms with Crippen LogP contribution in [0.1, 0.15) is 18.4 Å². The van der Waals surface area contributed by atoms with Gasteiger partial charge < -0.3 is 14.4 Å². The summed E-state index contributed by atoms with van der Waals surface area (Å²) in [6.45, 7) is 1.14. The van der Waals surface area contributed by atoms with Gasteiger partial charge in [-0.05, 0) is 18.4 Å². The van der Waals surface area contributed by atoms with Crippen molar-refractivity contribution in [3.05, 3.63) is 52.2 Å². The molecule has 2 heterocycles. The van der Waals surface area contributed by atoms with Crippen molar-refractivity contribution in [1.29, 1.82) is 0 Å². The number of carbonyl (C=O) groups is 1. The number of hydrogen-bond acceptors (Lipinski definition) is 7. The minimum absolute atomic E-state index is 0.0120. The van der Waals surface area contributed by atoms with Crippen LogP contribution in [0.4, 0.5) is 5.69 Å². The summed E-state index contributed by atoms with van der Waals surface area (Å²) in [6, 6.07) is 7.93. The lowest BCUT2D eigenvalue weighted by Gasteiger charge is -2.32. The highest BCUT2D eigenvalue weighted by molar-refractivity contribution is 5.79. The maximum Gasteiger partial charge on any atom is 0.319 e. The first-order chi connectivity index (χ1) is 13.0. The molecule has 0 N–H and O–H groups in total. The summed E-state index contributed by atoms with van der Waals surface area (Å²) in [6.07, 6.45) is 3.26. The van der Waals surface area contributed by atoms with Crippen LogP contribution in [0.2, 0.25) is 0 Å². The Bertz CT molecular complexity index is 812. The molecule has 1 aliphatic heterocycles. The summed E-state index contributed by atoms with van der Waals surface area (Å²) >= 11 is 0. The van der Waals surface area contributed by atoms with Crippen molar-refractivity contribution < 1.29 is 19.2 Å². The van der Waals surface area contributed by atoms with E-state index in [4.69, 9.17) is 9.47 Å². The Hall–Kier alpha value is -3.23. The topological polar surface area (TPSA) is 108 Å². The van der Waals surface area contributed by atoms with Crippen molar-refractivity contribution in [3.8, 4) is 11.9 Å². The number of piperidine rings is 1. The monoisotopic (exact) mass is 372 g/mol.